The van der Waals surface area contributed by atoms with Crippen molar-refractivity contribution in [3.8, 4) is 0 Å². The van der Waals surface area contributed by atoms with Gasteiger partial charge in [-0.3, -0.25) is 9.69 Å². The third-order valence-electron chi connectivity index (χ3n) is 4.51. The van der Waals surface area contributed by atoms with E-state index in [0.717, 1.165) is 0 Å². The molecule has 2 aromatic carbocycles. The van der Waals surface area contributed by atoms with Crippen LogP contribution in [0.3, 0.4) is 0 Å². The molecule has 0 saturated carbocycles. The molecule has 1 heterocycles. The summed E-state index contributed by atoms with van der Waals surface area (Å²) in [6.45, 7) is 2.00. The van der Waals surface area contributed by atoms with E-state index in [1.807, 2.05) is 18.2 Å². The van der Waals surface area contributed by atoms with Gasteiger partial charge in [0.25, 0.3) is 0 Å². The number of nitrogens with zero attached hydrogens (tertiary/aromatic N) is 1. The molecule has 1 saturated heterocycles. The van der Waals surface area contributed by atoms with Crippen molar-refractivity contribution in [3.05, 3.63) is 71.5 Å². The zero-order chi connectivity index (χ0) is 17.6. The molecule has 0 unspecified atom stereocenters. The smallest absolute Gasteiger partial charge is 0.164 e. The van der Waals surface area contributed by atoms with Crippen LogP contribution in [-0.4, -0.2) is 48.1 Å². The summed E-state index contributed by atoms with van der Waals surface area (Å²) in [6, 6.07) is 15.1. The fourth-order valence-corrected chi connectivity index (χ4v) is 3.11. The summed E-state index contributed by atoms with van der Waals surface area (Å²) < 4.78 is 18.9. The Kier molecular flexibility index (Phi) is 5.91. The van der Waals surface area contributed by atoms with Crippen molar-refractivity contribution in [3.63, 3.8) is 0 Å². The molecule has 0 bridgehead atoms. The maximum absolute atomic E-state index is 13.4. The van der Waals surface area contributed by atoms with Crippen LogP contribution in [0.25, 0.3) is 0 Å². The number of ether oxygens (including phenoxy) is 1. The molecule has 0 spiro atoms. The van der Waals surface area contributed by atoms with Gasteiger partial charge in [-0.25, -0.2) is 4.39 Å². The molecule has 1 fully saturated rings. The highest BCUT2D eigenvalue weighted by molar-refractivity contribution is 5.96. The van der Waals surface area contributed by atoms with Gasteiger partial charge in [0.1, 0.15) is 5.82 Å². The van der Waals surface area contributed by atoms with Gasteiger partial charge in [0.2, 0.25) is 0 Å². The number of aliphatic hydroxyl groups is 1. The minimum Gasteiger partial charge on any atom is -0.387 e. The number of ketones is 1. The van der Waals surface area contributed by atoms with Crippen molar-refractivity contribution < 1.29 is 19.0 Å². The lowest BCUT2D eigenvalue weighted by molar-refractivity contribution is -0.0272. The number of Topliss-reactive ketones (excluding diaryl/α,β-unsaturated/α-hetero) is 1. The van der Waals surface area contributed by atoms with Gasteiger partial charge in [0.15, 0.2) is 5.78 Å². The molecule has 0 radical (unpaired) electrons. The summed E-state index contributed by atoms with van der Waals surface area (Å²) in [6.07, 6.45) is -0.469. The fraction of sp³-hybridized carbons (Fsp3) is 0.350. The van der Waals surface area contributed by atoms with E-state index >= 15 is 0 Å². The first kappa shape index (κ1) is 17.7. The van der Waals surface area contributed by atoms with Crippen LogP contribution >= 0.6 is 0 Å². The molecule has 0 amide bonds. The highest BCUT2D eigenvalue weighted by atomic mass is 19.1. The molecule has 2 atom stereocenters. The molecule has 0 aromatic heterocycles. The van der Waals surface area contributed by atoms with Crippen molar-refractivity contribution in [2.24, 2.45) is 0 Å². The topological polar surface area (TPSA) is 49.8 Å². The number of morpholine rings is 1. The van der Waals surface area contributed by atoms with Gasteiger partial charge in [-0.15, -0.1) is 0 Å². The largest absolute Gasteiger partial charge is 0.387 e. The number of halogens is 1. The molecule has 4 nitrogen and oxygen atoms in total. The van der Waals surface area contributed by atoms with Crippen molar-refractivity contribution in [2.45, 2.75) is 18.6 Å². The molecule has 25 heavy (non-hydrogen) atoms. The third-order valence-corrected chi connectivity index (χ3v) is 4.51. The minimum absolute atomic E-state index is 0.0568. The van der Waals surface area contributed by atoms with Gasteiger partial charge in [0.05, 0.1) is 19.3 Å². The number of rotatable bonds is 6. The van der Waals surface area contributed by atoms with E-state index in [1.54, 1.807) is 24.3 Å². The maximum atomic E-state index is 13.4. The van der Waals surface area contributed by atoms with Crippen LogP contribution < -0.4 is 0 Å². The highest BCUT2D eigenvalue weighted by Crippen LogP contribution is 2.20. The van der Waals surface area contributed by atoms with Crippen LogP contribution in [0, 0.1) is 5.82 Å². The average molecular weight is 343 g/mol. The zero-order valence-electron chi connectivity index (χ0n) is 14.0. The molecule has 2 aromatic rings. The predicted octanol–water partition coefficient (Wildman–Crippen LogP) is 2.83. The molecule has 132 valence electrons. The van der Waals surface area contributed by atoms with Crippen LogP contribution in [0.5, 0.6) is 0 Å². The summed E-state index contributed by atoms with van der Waals surface area (Å²) >= 11 is 0. The van der Waals surface area contributed by atoms with E-state index in [1.165, 1.54) is 12.1 Å². The summed E-state index contributed by atoms with van der Waals surface area (Å²) in [5.74, 6) is -0.310. The predicted molar refractivity (Wildman–Crippen MR) is 92.9 cm³/mol. The molecule has 5 heteroatoms. The molecule has 0 aliphatic carbocycles. The van der Waals surface area contributed by atoms with E-state index < -0.39 is 6.10 Å². The first-order valence-corrected chi connectivity index (χ1v) is 8.47. The number of hydrogen-bond donors (Lipinski definition) is 1. The van der Waals surface area contributed by atoms with Gasteiger partial charge in [-0.05, 0) is 17.7 Å². The van der Waals surface area contributed by atoms with E-state index in [4.69, 9.17) is 4.74 Å². The van der Waals surface area contributed by atoms with Crippen molar-refractivity contribution >= 4 is 5.78 Å². The van der Waals surface area contributed by atoms with Crippen LogP contribution in [0.15, 0.2) is 54.6 Å². The summed E-state index contributed by atoms with van der Waals surface area (Å²) in [4.78, 5) is 14.5. The summed E-state index contributed by atoms with van der Waals surface area (Å²) in [5.41, 5.74) is 1.22. The average Bonchev–Trinajstić information content (AvgIpc) is 2.64. The van der Waals surface area contributed by atoms with E-state index in [9.17, 15) is 14.3 Å². The Morgan fingerprint density at radius 1 is 1.24 bits per heavy atom. The fourth-order valence-electron chi connectivity index (χ4n) is 3.11. The molecular weight excluding hydrogens is 321 g/mol. The first-order valence-electron chi connectivity index (χ1n) is 8.47. The normalized spacial score (nSPS) is 19.5. The van der Waals surface area contributed by atoms with E-state index in [2.05, 4.69) is 4.90 Å². The van der Waals surface area contributed by atoms with Gasteiger partial charge in [0, 0.05) is 31.1 Å². The van der Waals surface area contributed by atoms with E-state index in [0.29, 0.717) is 43.9 Å². The number of hydrogen-bond acceptors (Lipinski definition) is 4. The van der Waals surface area contributed by atoms with Crippen LogP contribution in [0.4, 0.5) is 4.39 Å². The van der Waals surface area contributed by atoms with E-state index in [-0.39, 0.29) is 17.6 Å². The highest BCUT2D eigenvalue weighted by Gasteiger charge is 2.27. The van der Waals surface area contributed by atoms with Gasteiger partial charge in [-0.2, -0.15) is 0 Å². The Balaban J connectivity index is 1.65. The zero-order valence-corrected chi connectivity index (χ0v) is 14.0. The standard InChI is InChI=1S/C20H22FNO3/c21-17-8-4-7-16(11-17)20(24)13-22-9-10-25-14-18(22)12-19(23)15-5-2-1-3-6-15/h1-8,11,18,20,24H,9-10,12-14H2/t18-,20+/m1/s1. The second-order valence-corrected chi connectivity index (χ2v) is 6.29. The Morgan fingerprint density at radius 2 is 2.04 bits per heavy atom. The maximum Gasteiger partial charge on any atom is 0.164 e. The van der Waals surface area contributed by atoms with Crippen molar-refractivity contribution in [1.82, 2.24) is 4.90 Å². The Hall–Kier alpha value is -2.08. The number of carbonyl (C=O) groups excluding carboxylic acids is 1. The molecule has 3 rings (SSSR count). The van der Waals surface area contributed by atoms with Gasteiger partial charge in [-0.1, -0.05) is 42.5 Å². The molecular formula is C20H22FNO3. The summed E-state index contributed by atoms with van der Waals surface area (Å²) in [7, 11) is 0. The number of β-amino-alcohol motifs (C(OH)–C–C–N with tert-alkyl or cyclic N) is 1. The molecule has 1 aliphatic rings. The first-order chi connectivity index (χ1) is 12.1. The van der Waals surface area contributed by atoms with Crippen LogP contribution in [-0.2, 0) is 4.74 Å². The number of aliphatic hydroxyl groups excluding tert-OH is 1. The summed E-state index contributed by atoms with van der Waals surface area (Å²) in [5, 5.41) is 10.4. The second kappa shape index (κ2) is 8.34. The lowest BCUT2D eigenvalue weighted by Gasteiger charge is -2.36. The second-order valence-electron chi connectivity index (χ2n) is 6.29. The Morgan fingerprint density at radius 3 is 2.80 bits per heavy atom. The quantitative estimate of drug-likeness (QED) is 0.820. The number of benzene rings is 2. The van der Waals surface area contributed by atoms with Gasteiger partial charge < -0.3 is 9.84 Å². The van der Waals surface area contributed by atoms with Crippen LogP contribution in [0.2, 0.25) is 0 Å². The van der Waals surface area contributed by atoms with Crippen molar-refractivity contribution in [1.29, 1.82) is 0 Å². The Labute approximate surface area is 146 Å². The Bertz CT molecular complexity index is 707. The minimum atomic E-state index is -0.803. The lowest BCUT2D eigenvalue weighted by Crippen LogP contribution is -2.48. The SMILES string of the molecule is O=C(C[C@@H]1COCCN1C[C@H](O)c1cccc(F)c1)c1ccccc1. The van der Waals surface area contributed by atoms with Gasteiger partial charge >= 0.3 is 0 Å². The van der Waals surface area contributed by atoms with Crippen LogP contribution in [0.1, 0.15) is 28.4 Å². The molecule has 1 aliphatic heterocycles. The number of carbonyl (C=O) groups is 1. The lowest BCUT2D eigenvalue weighted by atomic mass is 10.0. The van der Waals surface area contributed by atoms with Crippen molar-refractivity contribution in [2.75, 3.05) is 26.3 Å². The molecule has 1 N–H and O–H groups in total. The monoisotopic (exact) mass is 343 g/mol. The third kappa shape index (κ3) is 4.72.